The van der Waals surface area contributed by atoms with Gasteiger partial charge in [0.2, 0.25) is 0 Å². The third kappa shape index (κ3) is 6.04. The van der Waals surface area contributed by atoms with Gasteiger partial charge in [0.05, 0.1) is 0 Å². The second kappa shape index (κ2) is 5.78. The molecule has 0 unspecified atom stereocenters. The van der Waals surface area contributed by atoms with E-state index in [0.717, 1.165) is 0 Å². The molecule has 0 atom stereocenters. The van der Waals surface area contributed by atoms with Crippen LogP contribution in [0.15, 0.2) is 0 Å². The maximum absolute atomic E-state index is 11.3. The Balaban J connectivity index is 0. The first-order valence-electron chi connectivity index (χ1n) is 3.40. The van der Waals surface area contributed by atoms with E-state index in [1.54, 1.807) is 0 Å². The largest absolute Gasteiger partial charge is 0.544 e. The van der Waals surface area contributed by atoms with Gasteiger partial charge in [0.15, 0.2) is 0 Å². The van der Waals surface area contributed by atoms with Crippen molar-refractivity contribution < 1.29 is 79.9 Å². The summed E-state index contributed by atoms with van der Waals surface area (Å²) in [6, 6.07) is 0. The molecular weight excluding hydrogens is 483 g/mol. The summed E-state index contributed by atoms with van der Waals surface area (Å²) in [6.45, 7) is 0. The monoisotopic (exact) mass is 484 g/mol. The van der Waals surface area contributed by atoms with Crippen LogP contribution in [0.4, 0.5) is 43.9 Å². The zero-order valence-corrected chi connectivity index (χ0v) is 13.3. The fraction of sp³-hybridized carbons (Fsp3) is 0.800. The van der Waals surface area contributed by atoms with Crippen molar-refractivity contribution in [1.82, 2.24) is 0 Å². The normalized spacial score (nSPS) is 13.8. The molecule has 104 valence electrons. The van der Waals surface area contributed by atoms with Gasteiger partial charge in [0, 0.05) is 0 Å². The number of halogens is 10. The van der Waals surface area contributed by atoms with Crippen molar-refractivity contribution >= 4 is 5.97 Å². The Bertz CT molecular complexity index is 274. The van der Waals surface area contributed by atoms with E-state index in [1.165, 1.54) is 0 Å². The molecule has 2 nitrogen and oxygen atoms in total. The van der Waals surface area contributed by atoms with Crippen LogP contribution in [0, 0.1) is 0 Å². The van der Waals surface area contributed by atoms with E-state index in [0.29, 0.717) is 0 Å². The van der Waals surface area contributed by atoms with E-state index >= 15 is 0 Å². The molecule has 0 aromatic heterocycles. The Morgan fingerprint density at radius 1 is 0.778 bits per heavy atom. The van der Waals surface area contributed by atoms with Crippen LogP contribution in [0.1, 0.15) is 0 Å². The number of carbonyl (C=O) groups is 1. The van der Waals surface area contributed by atoms with Crippen molar-refractivity contribution in [2.75, 3.05) is 0 Å². The SMILES string of the molecule is FC(F)(F)[C](F)(F)[Hg+].O=C([O-])C(F)(F)C(F)(F)F. The first-order chi connectivity index (χ1) is 7.44. The van der Waals surface area contributed by atoms with Gasteiger partial charge in [-0.05, 0) is 0 Å². The van der Waals surface area contributed by atoms with Gasteiger partial charge in [0.1, 0.15) is 5.97 Å². The molecule has 0 amide bonds. The van der Waals surface area contributed by atoms with Gasteiger partial charge in [-0.15, -0.1) is 0 Å². The average Bonchev–Trinajstić information content (AvgIpc) is 1.98. The standard InChI is InChI=1S/C3HF5O2.C2F5.Hg/c4-2(5,1(9)10)3(6,7)8;3-1(4)2(5,6)7;/h(H,9,10);;/q;;+1/p-1. The molecular formula is C5F10HgO2. The molecule has 0 aliphatic rings. The number of carboxylic acid groups (broad SMARTS) is 1. The van der Waals surface area contributed by atoms with Crippen LogP contribution in [-0.4, -0.2) is 27.7 Å². The summed E-state index contributed by atoms with van der Waals surface area (Å²) in [7, 11) is 0. The predicted molar refractivity (Wildman–Crippen MR) is 27.0 cm³/mol. The number of aliphatic carboxylic acids is 1. The molecule has 0 saturated carbocycles. The second-order valence-corrected chi connectivity index (χ2v) is 6.01. The first kappa shape index (κ1) is 20.0. The van der Waals surface area contributed by atoms with E-state index in [-0.39, 0.29) is 0 Å². The minimum atomic E-state index is -6.08. The molecule has 0 rings (SSSR count). The topological polar surface area (TPSA) is 40.1 Å². The third-order valence-electron chi connectivity index (χ3n) is 1.03. The van der Waals surface area contributed by atoms with Gasteiger partial charge in [-0.1, -0.05) is 0 Å². The van der Waals surface area contributed by atoms with Gasteiger partial charge in [-0.2, -0.15) is 22.0 Å². The number of hydrogen-bond donors (Lipinski definition) is 0. The quantitative estimate of drug-likeness (QED) is 0.421. The second-order valence-electron chi connectivity index (χ2n) is 2.56. The van der Waals surface area contributed by atoms with Crippen LogP contribution in [0.5, 0.6) is 0 Å². The van der Waals surface area contributed by atoms with E-state index in [1.807, 2.05) is 0 Å². The zero-order chi connectivity index (χ0) is 15.6. The number of hydrogen-bond acceptors (Lipinski definition) is 2. The Labute approximate surface area is 108 Å². The summed E-state index contributed by atoms with van der Waals surface area (Å²) in [5, 5.41) is 9.09. The number of alkyl halides is 10. The van der Waals surface area contributed by atoms with Crippen LogP contribution in [0.3, 0.4) is 0 Å². The van der Waals surface area contributed by atoms with Crippen molar-refractivity contribution in [2.24, 2.45) is 0 Å². The zero-order valence-electron chi connectivity index (χ0n) is 7.80. The van der Waals surface area contributed by atoms with Crippen LogP contribution in [0.25, 0.3) is 0 Å². The van der Waals surface area contributed by atoms with Crippen LogP contribution in [-0.2, 0) is 30.9 Å². The summed E-state index contributed by atoms with van der Waals surface area (Å²) in [6.07, 6.45) is -11.4. The number of carboxylic acids is 1. The molecule has 0 N–H and O–H groups in total. The van der Waals surface area contributed by atoms with E-state index in [2.05, 4.69) is 0 Å². The molecule has 0 aliphatic heterocycles. The summed E-state index contributed by atoms with van der Waals surface area (Å²) >= 11 is -1.56. The van der Waals surface area contributed by atoms with Gasteiger partial charge in [-0.3, -0.25) is 0 Å². The minimum Gasteiger partial charge on any atom is -0.544 e. The van der Waals surface area contributed by atoms with Crippen LogP contribution < -0.4 is 5.11 Å². The Morgan fingerprint density at radius 2 is 1.00 bits per heavy atom. The van der Waals surface area contributed by atoms with Crippen LogP contribution >= 0.6 is 0 Å². The number of carbonyl (C=O) groups excluding carboxylic acids is 1. The van der Waals surface area contributed by atoms with E-state index < -0.39 is 53.8 Å². The van der Waals surface area contributed by atoms with Gasteiger partial charge in [0.25, 0.3) is 0 Å². The summed E-state index contributed by atoms with van der Waals surface area (Å²) < 4.78 is 106. The van der Waals surface area contributed by atoms with E-state index in [9.17, 15) is 43.9 Å². The minimum absolute atomic E-state index is 1.56. The Kier molecular flexibility index (Phi) is 6.43. The van der Waals surface area contributed by atoms with Crippen molar-refractivity contribution in [3.63, 3.8) is 0 Å². The molecule has 0 heterocycles. The fourth-order valence-electron chi connectivity index (χ4n) is 0.116. The Hall–Kier alpha value is -0.295. The van der Waals surface area contributed by atoms with Crippen molar-refractivity contribution in [3.8, 4) is 0 Å². The number of rotatable bonds is 1. The third-order valence-corrected chi connectivity index (χ3v) is 2.59. The predicted octanol–water partition coefficient (Wildman–Crippen LogP) is 1.62. The molecule has 0 radical (unpaired) electrons. The molecule has 0 aromatic rings. The van der Waals surface area contributed by atoms with Crippen molar-refractivity contribution in [3.05, 3.63) is 0 Å². The van der Waals surface area contributed by atoms with Crippen molar-refractivity contribution in [1.29, 1.82) is 0 Å². The van der Waals surface area contributed by atoms with Gasteiger partial charge in [-0.25, -0.2) is 0 Å². The molecule has 0 bridgehead atoms. The first-order valence-corrected chi connectivity index (χ1v) is 6.15. The molecule has 13 heteroatoms. The molecule has 0 aliphatic carbocycles. The maximum Gasteiger partial charge on any atom is 0.459 e. The molecule has 18 heavy (non-hydrogen) atoms. The summed E-state index contributed by atoms with van der Waals surface area (Å²) in [5.41, 5.74) is 0. The van der Waals surface area contributed by atoms with Crippen molar-refractivity contribution in [2.45, 2.75) is 21.7 Å². The molecule has 0 spiro atoms. The Morgan fingerprint density at radius 3 is 1.00 bits per heavy atom. The molecule has 0 aromatic carbocycles. The summed E-state index contributed by atoms with van der Waals surface area (Å²) in [4.78, 5) is 9.09. The maximum atomic E-state index is 11.3. The van der Waals surface area contributed by atoms with Crippen LogP contribution in [0.2, 0.25) is 0 Å². The average molecular weight is 483 g/mol. The summed E-state index contributed by atoms with van der Waals surface area (Å²) in [5.74, 6) is -9.20. The van der Waals surface area contributed by atoms with Gasteiger partial charge < -0.3 is 9.90 Å². The molecule has 0 fully saturated rings. The molecule has 0 saturated heterocycles. The van der Waals surface area contributed by atoms with Gasteiger partial charge >= 0.3 is 69.8 Å². The fourth-order valence-corrected chi connectivity index (χ4v) is 0.116. The smallest absolute Gasteiger partial charge is 0.459 e. The van der Waals surface area contributed by atoms with E-state index in [4.69, 9.17) is 9.90 Å².